The molecule has 1 unspecified atom stereocenters. The van der Waals surface area contributed by atoms with E-state index in [1.807, 2.05) is 24.3 Å². The standard InChI is InChI=1S/C57H86O6/c1-4-7-10-13-16-19-22-25-26-27-28-29-30-33-35-38-41-44-47-50-56(59)62-53-54(63-57(60)51-48-45-42-39-36-32-24-21-18-15-12-9-6-3)52-61-55(58)49-46-43-40-37-34-31-23-20-17-14-11-8-5-2/h7-12,14-21,23-26,28-29,33,35,41,44,54H,4-6,13,22,27,30-32,34,36-40,42-43,45-53H2,1-3H3/b10-7-,11-8-,12-9-,17-14-,18-15-,19-16-,23-20-,24-21-,26-25-,29-28-,35-33-,44-41-. The molecule has 1 atom stereocenters. The average Bonchev–Trinajstić information content (AvgIpc) is 3.28. The third-order valence-corrected chi connectivity index (χ3v) is 9.46. The molecule has 0 radical (unpaired) electrons. The van der Waals surface area contributed by atoms with E-state index < -0.39 is 6.10 Å². The Balaban J connectivity index is 4.58. The van der Waals surface area contributed by atoms with Crippen LogP contribution in [0.3, 0.4) is 0 Å². The zero-order chi connectivity index (χ0) is 45.8. The predicted molar refractivity (Wildman–Crippen MR) is 269 cm³/mol. The lowest BCUT2D eigenvalue weighted by molar-refractivity contribution is -0.166. The molecule has 0 aliphatic rings. The van der Waals surface area contributed by atoms with Crippen LogP contribution in [-0.2, 0) is 28.6 Å². The Morgan fingerprint density at radius 2 is 0.683 bits per heavy atom. The molecular formula is C57H86O6. The second kappa shape index (κ2) is 49.9. The van der Waals surface area contributed by atoms with Crippen molar-refractivity contribution in [1.29, 1.82) is 0 Å². The van der Waals surface area contributed by atoms with E-state index in [1.54, 1.807) is 0 Å². The van der Waals surface area contributed by atoms with Gasteiger partial charge in [-0.3, -0.25) is 14.4 Å². The Morgan fingerprint density at radius 1 is 0.333 bits per heavy atom. The second-order valence-corrected chi connectivity index (χ2v) is 15.3. The summed E-state index contributed by atoms with van der Waals surface area (Å²) in [7, 11) is 0. The van der Waals surface area contributed by atoms with Crippen molar-refractivity contribution in [2.75, 3.05) is 13.2 Å². The monoisotopic (exact) mass is 867 g/mol. The number of carbonyl (C=O) groups is 3. The molecule has 0 amide bonds. The third kappa shape index (κ3) is 48.2. The number of allylic oxidation sites excluding steroid dienone is 24. The van der Waals surface area contributed by atoms with Gasteiger partial charge in [0.25, 0.3) is 0 Å². The van der Waals surface area contributed by atoms with Gasteiger partial charge in [-0.05, 0) is 96.3 Å². The molecule has 0 aliphatic heterocycles. The van der Waals surface area contributed by atoms with Crippen LogP contribution in [0.1, 0.15) is 175 Å². The van der Waals surface area contributed by atoms with Crippen molar-refractivity contribution in [3.8, 4) is 0 Å². The number of ether oxygens (including phenoxy) is 3. The summed E-state index contributed by atoms with van der Waals surface area (Å²) < 4.78 is 16.6. The van der Waals surface area contributed by atoms with Crippen LogP contribution < -0.4 is 0 Å². The molecule has 0 aromatic heterocycles. The molecule has 0 aliphatic carbocycles. The minimum absolute atomic E-state index is 0.127. The van der Waals surface area contributed by atoms with E-state index in [2.05, 4.69) is 142 Å². The maximum absolute atomic E-state index is 12.8. The van der Waals surface area contributed by atoms with Gasteiger partial charge in [-0.2, -0.15) is 0 Å². The summed E-state index contributed by atoms with van der Waals surface area (Å²) in [5, 5.41) is 0. The van der Waals surface area contributed by atoms with E-state index in [1.165, 1.54) is 0 Å². The Bertz CT molecular complexity index is 1460. The van der Waals surface area contributed by atoms with Crippen molar-refractivity contribution in [3.63, 3.8) is 0 Å². The maximum Gasteiger partial charge on any atom is 0.306 e. The van der Waals surface area contributed by atoms with Gasteiger partial charge in [-0.15, -0.1) is 0 Å². The molecule has 0 fully saturated rings. The summed E-state index contributed by atoms with van der Waals surface area (Å²) in [6, 6.07) is 0. The topological polar surface area (TPSA) is 78.9 Å². The zero-order valence-electron chi connectivity index (χ0n) is 39.8. The summed E-state index contributed by atoms with van der Waals surface area (Å²) >= 11 is 0. The molecule has 0 heterocycles. The van der Waals surface area contributed by atoms with Crippen LogP contribution in [0.4, 0.5) is 0 Å². The van der Waals surface area contributed by atoms with Crippen molar-refractivity contribution in [1.82, 2.24) is 0 Å². The first-order valence-electron chi connectivity index (χ1n) is 24.4. The summed E-state index contributed by atoms with van der Waals surface area (Å²) in [4.78, 5) is 37.9. The fourth-order valence-corrected chi connectivity index (χ4v) is 5.88. The number of hydrogen-bond donors (Lipinski definition) is 0. The first-order chi connectivity index (χ1) is 31.0. The highest BCUT2D eigenvalue weighted by Gasteiger charge is 2.19. The SMILES string of the molecule is CC\C=C/C=C\C=C/CCCCCCCC(=O)OCC(COC(=O)CC/C=C\C/C=C\C/C=C\C/C=C\C/C=C\C/C=C\CC)OC(=O)CCCCCCC\C=C/C=C\C=C/CC. The third-order valence-electron chi connectivity index (χ3n) is 9.46. The number of rotatable bonds is 41. The molecule has 6 nitrogen and oxygen atoms in total. The van der Waals surface area contributed by atoms with Crippen LogP contribution in [0.25, 0.3) is 0 Å². The average molecular weight is 867 g/mol. The van der Waals surface area contributed by atoms with Gasteiger partial charge in [0.2, 0.25) is 0 Å². The van der Waals surface area contributed by atoms with Crippen LogP contribution in [0, 0.1) is 0 Å². The molecule has 0 rings (SSSR count). The van der Waals surface area contributed by atoms with Gasteiger partial charge in [0.15, 0.2) is 6.10 Å². The van der Waals surface area contributed by atoms with E-state index in [0.717, 1.165) is 128 Å². The van der Waals surface area contributed by atoms with Crippen LogP contribution in [-0.4, -0.2) is 37.2 Å². The maximum atomic E-state index is 12.8. The highest BCUT2D eigenvalue weighted by molar-refractivity contribution is 5.71. The highest BCUT2D eigenvalue weighted by atomic mass is 16.6. The highest BCUT2D eigenvalue weighted by Crippen LogP contribution is 2.12. The van der Waals surface area contributed by atoms with Crippen molar-refractivity contribution < 1.29 is 28.6 Å². The smallest absolute Gasteiger partial charge is 0.306 e. The van der Waals surface area contributed by atoms with Crippen molar-refractivity contribution in [3.05, 3.63) is 146 Å². The Labute approximate surface area is 385 Å². The summed E-state index contributed by atoms with van der Waals surface area (Å²) in [6.07, 6.45) is 71.3. The van der Waals surface area contributed by atoms with Crippen molar-refractivity contribution >= 4 is 17.9 Å². The lowest BCUT2D eigenvalue weighted by Gasteiger charge is -2.18. The normalized spacial score (nSPS) is 13.4. The molecule has 0 saturated heterocycles. The molecule has 63 heavy (non-hydrogen) atoms. The van der Waals surface area contributed by atoms with E-state index in [9.17, 15) is 14.4 Å². The Kier molecular flexibility index (Phi) is 46.2. The fraction of sp³-hybridized carbons (Fsp3) is 0.526. The molecule has 0 N–H and O–H groups in total. The molecule has 0 spiro atoms. The van der Waals surface area contributed by atoms with E-state index in [0.29, 0.717) is 12.8 Å². The van der Waals surface area contributed by atoms with Crippen LogP contribution in [0.5, 0.6) is 0 Å². The number of esters is 3. The molecular weight excluding hydrogens is 781 g/mol. The van der Waals surface area contributed by atoms with E-state index in [4.69, 9.17) is 14.2 Å². The molecule has 350 valence electrons. The van der Waals surface area contributed by atoms with Gasteiger partial charge in [-0.1, -0.05) is 205 Å². The Hall–Kier alpha value is -4.71. The van der Waals surface area contributed by atoms with E-state index in [-0.39, 0.29) is 44.0 Å². The van der Waals surface area contributed by atoms with Crippen LogP contribution in [0.2, 0.25) is 0 Å². The minimum Gasteiger partial charge on any atom is -0.462 e. The van der Waals surface area contributed by atoms with Gasteiger partial charge >= 0.3 is 17.9 Å². The molecule has 0 aromatic carbocycles. The quantitative estimate of drug-likeness (QED) is 0.0200. The van der Waals surface area contributed by atoms with E-state index >= 15 is 0 Å². The van der Waals surface area contributed by atoms with Gasteiger partial charge in [0.1, 0.15) is 13.2 Å². The largest absolute Gasteiger partial charge is 0.462 e. The number of unbranched alkanes of at least 4 members (excludes halogenated alkanes) is 10. The number of carbonyl (C=O) groups excluding carboxylic acids is 3. The van der Waals surface area contributed by atoms with Crippen LogP contribution in [0.15, 0.2) is 146 Å². The fourth-order valence-electron chi connectivity index (χ4n) is 5.88. The first kappa shape index (κ1) is 58.3. The Morgan fingerprint density at radius 3 is 1.13 bits per heavy atom. The lowest BCUT2D eigenvalue weighted by atomic mass is 10.1. The van der Waals surface area contributed by atoms with Crippen LogP contribution >= 0.6 is 0 Å². The lowest BCUT2D eigenvalue weighted by Crippen LogP contribution is -2.30. The van der Waals surface area contributed by atoms with Gasteiger partial charge < -0.3 is 14.2 Å². The summed E-state index contributed by atoms with van der Waals surface area (Å²) in [5.41, 5.74) is 0. The molecule has 0 bridgehead atoms. The summed E-state index contributed by atoms with van der Waals surface area (Å²) in [6.45, 7) is 6.12. The predicted octanol–water partition coefficient (Wildman–Crippen LogP) is 16.1. The summed E-state index contributed by atoms with van der Waals surface area (Å²) in [5.74, 6) is -1.07. The van der Waals surface area contributed by atoms with Crippen molar-refractivity contribution in [2.24, 2.45) is 0 Å². The van der Waals surface area contributed by atoms with Gasteiger partial charge in [0, 0.05) is 19.3 Å². The molecule has 0 saturated carbocycles. The van der Waals surface area contributed by atoms with Gasteiger partial charge in [-0.25, -0.2) is 0 Å². The molecule has 0 aromatic rings. The zero-order valence-corrected chi connectivity index (χ0v) is 39.8. The number of hydrogen-bond acceptors (Lipinski definition) is 6. The van der Waals surface area contributed by atoms with Gasteiger partial charge in [0.05, 0.1) is 0 Å². The first-order valence-corrected chi connectivity index (χ1v) is 24.4. The second-order valence-electron chi connectivity index (χ2n) is 15.3. The van der Waals surface area contributed by atoms with Crippen molar-refractivity contribution in [2.45, 2.75) is 181 Å². The minimum atomic E-state index is -0.833. The molecule has 6 heteroatoms.